The number of carbonyl (C=O) groups excluding carboxylic acids is 1. The molecule has 142 valence electrons. The first kappa shape index (κ1) is 20.6. The maximum Gasteiger partial charge on any atom is 0.225 e. The molecule has 0 saturated carbocycles. The summed E-state index contributed by atoms with van der Waals surface area (Å²) >= 11 is 1.42. The summed E-state index contributed by atoms with van der Waals surface area (Å²) in [5.74, 6) is 1.60. The van der Waals surface area contributed by atoms with E-state index in [1.165, 1.54) is 11.8 Å². The highest BCUT2D eigenvalue weighted by Crippen LogP contribution is 2.28. The fraction of sp³-hybridized carbons (Fsp3) is 0.350. The van der Waals surface area contributed by atoms with Gasteiger partial charge in [-0.3, -0.25) is 4.79 Å². The number of ether oxygens (including phenoxy) is 2. The van der Waals surface area contributed by atoms with Crippen LogP contribution in [0.1, 0.15) is 28.8 Å². The zero-order valence-corrected chi connectivity index (χ0v) is 17.0. The number of carbonyl (C=O) groups is 1. The molecule has 27 heavy (non-hydrogen) atoms. The van der Waals surface area contributed by atoms with Crippen LogP contribution >= 0.6 is 11.8 Å². The van der Waals surface area contributed by atoms with Gasteiger partial charge in [0.1, 0.15) is 22.6 Å². The first-order valence-corrected chi connectivity index (χ1v) is 9.41. The lowest BCUT2D eigenvalue weighted by Gasteiger charge is -2.11. The Balaban J connectivity index is 2.01. The van der Waals surface area contributed by atoms with Crippen LogP contribution in [0, 0.1) is 32.1 Å². The molecule has 0 fully saturated rings. The summed E-state index contributed by atoms with van der Waals surface area (Å²) in [6.07, 6.45) is 0.294. The number of methoxy groups -OCH3 is 2. The predicted octanol–water partition coefficient (Wildman–Crippen LogP) is 4.02. The standard InChI is InChI=1S/C20H23N3O3S/c1-12-13(2)18(11-21)20(22-14(12)3)27-7-6-19(24)23-15-8-16(25-4)10-17(9-15)26-5/h8-10H,6-7H2,1-5H3,(H,23,24). The van der Waals surface area contributed by atoms with Crippen LogP contribution in [0.2, 0.25) is 0 Å². The van der Waals surface area contributed by atoms with E-state index in [-0.39, 0.29) is 5.91 Å². The maximum absolute atomic E-state index is 12.3. The monoisotopic (exact) mass is 385 g/mol. The van der Waals surface area contributed by atoms with Crippen LogP contribution in [-0.2, 0) is 4.79 Å². The molecule has 0 aliphatic rings. The molecule has 0 aliphatic carbocycles. The van der Waals surface area contributed by atoms with Gasteiger partial charge in [0.25, 0.3) is 0 Å². The number of aryl methyl sites for hydroxylation is 1. The highest BCUT2D eigenvalue weighted by Gasteiger charge is 2.13. The number of thioether (sulfide) groups is 1. The Bertz CT molecular complexity index is 869. The number of benzene rings is 1. The Morgan fingerprint density at radius 2 is 1.78 bits per heavy atom. The Labute approximate surface area is 163 Å². The second-order valence-electron chi connectivity index (χ2n) is 5.99. The molecule has 0 spiro atoms. The molecule has 1 amide bonds. The molecule has 1 N–H and O–H groups in total. The van der Waals surface area contributed by atoms with Crippen molar-refractivity contribution in [2.45, 2.75) is 32.2 Å². The smallest absolute Gasteiger partial charge is 0.225 e. The molecule has 0 atom stereocenters. The van der Waals surface area contributed by atoms with Gasteiger partial charge in [-0.1, -0.05) is 0 Å². The van der Waals surface area contributed by atoms with Crippen molar-refractivity contribution in [1.82, 2.24) is 4.98 Å². The lowest BCUT2D eigenvalue weighted by atomic mass is 10.1. The molecule has 1 aromatic heterocycles. The molecule has 1 heterocycles. The zero-order chi connectivity index (χ0) is 20.0. The number of pyridine rings is 1. The van der Waals surface area contributed by atoms with Crippen molar-refractivity contribution < 1.29 is 14.3 Å². The molecule has 1 aromatic carbocycles. The van der Waals surface area contributed by atoms with Gasteiger partial charge in [0, 0.05) is 41.8 Å². The maximum atomic E-state index is 12.3. The third kappa shape index (κ3) is 5.14. The van der Waals surface area contributed by atoms with Gasteiger partial charge in [-0.05, 0) is 31.9 Å². The number of nitriles is 1. The van der Waals surface area contributed by atoms with Crippen molar-refractivity contribution >= 4 is 23.4 Å². The molecular formula is C20H23N3O3S. The van der Waals surface area contributed by atoms with Gasteiger partial charge in [-0.25, -0.2) is 4.98 Å². The van der Waals surface area contributed by atoms with Gasteiger partial charge in [-0.2, -0.15) is 5.26 Å². The highest BCUT2D eigenvalue weighted by molar-refractivity contribution is 7.99. The van der Waals surface area contributed by atoms with Crippen molar-refractivity contribution in [2.75, 3.05) is 25.3 Å². The third-order valence-corrected chi connectivity index (χ3v) is 5.26. The molecule has 2 aromatic rings. The number of hydrogen-bond donors (Lipinski definition) is 1. The number of nitrogens with one attached hydrogen (secondary N) is 1. The number of hydrogen-bond acceptors (Lipinski definition) is 6. The lowest BCUT2D eigenvalue weighted by Crippen LogP contribution is -2.12. The van der Waals surface area contributed by atoms with E-state index in [0.29, 0.717) is 39.9 Å². The normalized spacial score (nSPS) is 10.2. The Hall–Kier alpha value is -2.72. The summed E-state index contributed by atoms with van der Waals surface area (Å²) in [6, 6.07) is 7.43. The van der Waals surface area contributed by atoms with Crippen LogP contribution < -0.4 is 14.8 Å². The van der Waals surface area contributed by atoms with E-state index in [9.17, 15) is 10.1 Å². The zero-order valence-electron chi connectivity index (χ0n) is 16.2. The first-order valence-electron chi connectivity index (χ1n) is 8.43. The number of nitrogens with zero attached hydrogens (tertiary/aromatic N) is 2. The van der Waals surface area contributed by atoms with E-state index in [2.05, 4.69) is 16.4 Å². The SMILES string of the molecule is COc1cc(NC(=O)CCSc2nc(C)c(C)c(C)c2C#N)cc(OC)c1. The summed E-state index contributed by atoms with van der Waals surface area (Å²) < 4.78 is 10.4. The van der Waals surface area contributed by atoms with Gasteiger partial charge in [-0.15, -0.1) is 11.8 Å². The van der Waals surface area contributed by atoms with Crippen LogP contribution in [0.4, 0.5) is 5.69 Å². The van der Waals surface area contributed by atoms with Gasteiger partial charge in [0.05, 0.1) is 19.8 Å². The third-order valence-electron chi connectivity index (χ3n) is 4.28. The molecule has 6 nitrogen and oxygen atoms in total. The number of anilines is 1. The minimum atomic E-state index is -0.128. The van der Waals surface area contributed by atoms with Crippen molar-refractivity contribution in [2.24, 2.45) is 0 Å². The quantitative estimate of drug-likeness (QED) is 0.725. The highest BCUT2D eigenvalue weighted by atomic mass is 32.2. The Morgan fingerprint density at radius 1 is 1.15 bits per heavy atom. The van der Waals surface area contributed by atoms with E-state index in [0.717, 1.165) is 16.8 Å². The number of rotatable bonds is 7. The topological polar surface area (TPSA) is 84.2 Å². The number of amides is 1. The summed E-state index contributed by atoms with van der Waals surface area (Å²) in [4.78, 5) is 16.8. The van der Waals surface area contributed by atoms with E-state index in [1.54, 1.807) is 32.4 Å². The molecule has 2 rings (SSSR count). The summed E-state index contributed by atoms with van der Waals surface area (Å²) in [7, 11) is 3.12. The van der Waals surface area contributed by atoms with Gasteiger partial charge < -0.3 is 14.8 Å². The van der Waals surface area contributed by atoms with Crippen molar-refractivity contribution in [1.29, 1.82) is 5.26 Å². The van der Waals surface area contributed by atoms with E-state index >= 15 is 0 Å². The van der Waals surface area contributed by atoms with Crippen LogP contribution in [0.5, 0.6) is 11.5 Å². The molecule has 0 bridgehead atoms. The van der Waals surface area contributed by atoms with Crippen LogP contribution in [0.3, 0.4) is 0 Å². The van der Waals surface area contributed by atoms with Crippen molar-refractivity contribution in [3.8, 4) is 17.6 Å². The van der Waals surface area contributed by atoms with Crippen LogP contribution in [0.25, 0.3) is 0 Å². The molecule has 0 unspecified atom stereocenters. The minimum Gasteiger partial charge on any atom is -0.497 e. The summed E-state index contributed by atoms with van der Waals surface area (Å²) in [5, 5.41) is 12.9. The van der Waals surface area contributed by atoms with Crippen molar-refractivity contribution in [3.05, 3.63) is 40.6 Å². The minimum absolute atomic E-state index is 0.128. The lowest BCUT2D eigenvalue weighted by molar-refractivity contribution is -0.115. The average molecular weight is 385 g/mol. The fourth-order valence-corrected chi connectivity index (χ4v) is 3.52. The second-order valence-corrected chi connectivity index (χ2v) is 7.07. The first-order chi connectivity index (χ1) is 12.9. The van der Waals surface area contributed by atoms with Crippen LogP contribution in [-0.4, -0.2) is 30.9 Å². The van der Waals surface area contributed by atoms with Crippen molar-refractivity contribution in [3.63, 3.8) is 0 Å². The second kappa shape index (κ2) is 9.28. The van der Waals surface area contributed by atoms with E-state index in [4.69, 9.17) is 9.47 Å². The molecular weight excluding hydrogens is 362 g/mol. The molecule has 7 heteroatoms. The predicted molar refractivity (Wildman–Crippen MR) is 107 cm³/mol. The van der Waals surface area contributed by atoms with Gasteiger partial charge in [0.15, 0.2) is 0 Å². The largest absolute Gasteiger partial charge is 0.497 e. The fourth-order valence-electron chi connectivity index (χ4n) is 2.49. The molecule has 0 radical (unpaired) electrons. The summed E-state index contributed by atoms with van der Waals surface area (Å²) in [6.45, 7) is 5.81. The Kier molecular flexibility index (Phi) is 7.08. The van der Waals surface area contributed by atoms with Gasteiger partial charge >= 0.3 is 0 Å². The van der Waals surface area contributed by atoms with Gasteiger partial charge in [0.2, 0.25) is 5.91 Å². The Morgan fingerprint density at radius 3 is 2.33 bits per heavy atom. The van der Waals surface area contributed by atoms with E-state index in [1.807, 2.05) is 20.8 Å². The molecule has 0 aliphatic heterocycles. The van der Waals surface area contributed by atoms with Crippen LogP contribution in [0.15, 0.2) is 23.2 Å². The molecule has 0 saturated heterocycles. The van der Waals surface area contributed by atoms with E-state index < -0.39 is 0 Å². The number of aromatic nitrogens is 1. The average Bonchev–Trinajstić information content (AvgIpc) is 2.66. The summed E-state index contributed by atoms with van der Waals surface area (Å²) in [5.41, 5.74) is 4.07.